The van der Waals surface area contributed by atoms with Crippen LogP contribution in [0.4, 0.5) is 5.69 Å². The Hall–Kier alpha value is -1.45. The van der Waals surface area contributed by atoms with Crippen molar-refractivity contribution in [2.45, 2.75) is 24.8 Å². The van der Waals surface area contributed by atoms with E-state index in [2.05, 4.69) is 35.9 Å². The molecule has 0 unspecified atom stereocenters. The van der Waals surface area contributed by atoms with Gasteiger partial charge in [0, 0.05) is 6.07 Å². The summed E-state index contributed by atoms with van der Waals surface area (Å²) >= 11 is 3.13. The molecule has 0 saturated carbocycles. The molecule has 0 saturated heterocycles. The quantitative estimate of drug-likeness (QED) is 0.720. The number of nitrogens with one attached hydrogen (secondary N) is 2. The molecule has 2 N–H and O–H groups in total. The second-order valence-electron chi connectivity index (χ2n) is 4.26. The summed E-state index contributed by atoms with van der Waals surface area (Å²) < 4.78 is 32.5. The molecule has 9 heteroatoms. The maximum Gasteiger partial charge on any atom is 0.266 e. The first-order valence-corrected chi connectivity index (χ1v) is 8.57. The van der Waals surface area contributed by atoms with Gasteiger partial charge in [-0.15, -0.1) is 0 Å². The van der Waals surface area contributed by atoms with Crippen molar-refractivity contribution in [2.75, 3.05) is 11.3 Å². The van der Waals surface area contributed by atoms with Gasteiger partial charge in [0.1, 0.15) is 17.0 Å². The molecular weight excluding hydrogens is 360 g/mol. The van der Waals surface area contributed by atoms with Gasteiger partial charge < -0.3 is 9.73 Å². The predicted molar refractivity (Wildman–Crippen MR) is 81.2 cm³/mol. The van der Waals surface area contributed by atoms with E-state index in [-0.39, 0.29) is 15.3 Å². The molecule has 2 aromatic rings. The molecule has 2 heterocycles. The van der Waals surface area contributed by atoms with E-state index in [0.717, 1.165) is 13.0 Å². The third-order valence-electron chi connectivity index (χ3n) is 2.53. The first kappa shape index (κ1) is 15.9. The van der Waals surface area contributed by atoms with Gasteiger partial charge in [-0.25, -0.2) is 18.4 Å². The summed E-state index contributed by atoms with van der Waals surface area (Å²) in [5, 5.41) is 3.14. The fraction of sp³-hybridized carbons (Fsp3) is 0.333. The van der Waals surface area contributed by atoms with Gasteiger partial charge in [0.2, 0.25) is 0 Å². The van der Waals surface area contributed by atoms with Crippen LogP contribution in [0.5, 0.6) is 0 Å². The van der Waals surface area contributed by atoms with Gasteiger partial charge in [0.15, 0.2) is 4.67 Å². The van der Waals surface area contributed by atoms with Gasteiger partial charge in [-0.1, -0.05) is 6.92 Å². The van der Waals surface area contributed by atoms with Crippen molar-refractivity contribution in [3.8, 4) is 0 Å². The molecule has 0 aromatic carbocycles. The van der Waals surface area contributed by atoms with Crippen LogP contribution in [0, 0.1) is 0 Å². The van der Waals surface area contributed by atoms with Gasteiger partial charge in [0.05, 0.1) is 24.6 Å². The summed E-state index contributed by atoms with van der Waals surface area (Å²) in [5.74, 6) is 0.542. The highest BCUT2D eigenvalue weighted by Gasteiger charge is 2.22. The van der Waals surface area contributed by atoms with Gasteiger partial charge in [0.25, 0.3) is 10.0 Å². The minimum atomic E-state index is -3.75. The van der Waals surface area contributed by atoms with Crippen LogP contribution >= 0.6 is 15.9 Å². The lowest BCUT2D eigenvalue weighted by molar-refractivity contribution is 0.461. The lowest BCUT2D eigenvalue weighted by atomic mass is 10.4. The lowest BCUT2D eigenvalue weighted by Gasteiger charge is -2.04. The summed E-state index contributed by atoms with van der Waals surface area (Å²) in [5.41, 5.74) is 0.288. The van der Waals surface area contributed by atoms with Gasteiger partial charge in [-0.05, 0) is 28.9 Å². The fourth-order valence-corrected chi connectivity index (χ4v) is 3.65. The third kappa shape index (κ3) is 4.26. The molecule has 114 valence electrons. The number of sulfonamides is 1. The standard InChI is InChI=1S/C12H15BrN4O3S/c1-2-3-14-7-10-4-11(12(13)20-10)21(18,19)17-9-5-15-8-16-6-9/h4-6,8,14,17H,2-3,7H2,1H3. The highest BCUT2D eigenvalue weighted by Crippen LogP contribution is 2.27. The Balaban J connectivity index is 2.16. The lowest BCUT2D eigenvalue weighted by Crippen LogP contribution is -2.14. The minimum Gasteiger partial charge on any atom is -0.451 e. The minimum absolute atomic E-state index is 0.0413. The summed E-state index contributed by atoms with van der Waals surface area (Å²) in [7, 11) is -3.75. The maximum absolute atomic E-state index is 12.3. The molecule has 2 aromatic heterocycles. The van der Waals surface area contributed by atoms with Crippen LogP contribution in [0.25, 0.3) is 0 Å². The van der Waals surface area contributed by atoms with E-state index in [1.807, 2.05) is 6.92 Å². The van der Waals surface area contributed by atoms with Crippen molar-refractivity contribution in [3.05, 3.63) is 35.2 Å². The second kappa shape index (κ2) is 7.01. The zero-order valence-corrected chi connectivity index (χ0v) is 13.7. The van der Waals surface area contributed by atoms with Crippen molar-refractivity contribution in [2.24, 2.45) is 0 Å². The predicted octanol–water partition coefficient (Wildman–Crippen LogP) is 2.13. The van der Waals surface area contributed by atoms with Crippen molar-refractivity contribution >= 4 is 31.6 Å². The van der Waals surface area contributed by atoms with E-state index in [9.17, 15) is 8.42 Å². The molecule has 0 aliphatic rings. The molecule has 7 nitrogen and oxygen atoms in total. The Morgan fingerprint density at radius 3 is 2.71 bits per heavy atom. The molecule has 0 amide bonds. The van der Waals surface area contributed by atoms with E-state index in [1.54, 1.807) is 0 Å². The number of hydrogen-bond donors (Lipinski definition) is 2. The largest absolute Gasteiger partial charge is 0.451 e. The molecule has 0 spiro atoms. The molecule has 0 radical (unpaired) electrons. The first-order valence-electron chi connectivity index (χ1n) is 6.29. The van der Waals surface area contributed by atoms with Crippen LogP contribution in [-0.4, -0.2) is 24.9 Å². The van der Waals surface area contributed by atoms with Crippen molar-refractivity contribution < 1.29 is 12.8 Å². The molecule has 0 aliphatic carbocycles. The number of furan rings is 1. The van der Waals surface area contributed by atoms with E-state index >= 15 is 0 Å². The molecule has 2 rings (SSSR count). The molecular formula is C12H15BrN4O3S. The SMILES string of the molecule is CCCNCc1cc(S(=O)(=O)Nc2cncnc2)c(Br)o1. The monoisotopic (exact) mass is 374 g/mol. The number of rotatable bonds is 7. The summed E-state index contributed by atoms with van der Waals surface area (Å²) in [4.78, 5) is 7.56. The van der Waals surface area contributed by atoms with Gasteiger partial charge in [-0.2, -0.15) is 0 Å². The van der Waals surface area contributed by atoms with Gasteiger partial charge in [-0.3, -0.25) is 4.72 Å². The number of aromatic nitrogens is 2. The topological polar surface area (TPSA) is 97.1 Å². The Morgan fingerprint density at radius 2 is 2.05 bits per heavy atom. The zero-order valence-electron chi connectivity index (χ0n) is 11.3. The number of nitrogens with zero attached hydrogens (tertiary/aromatic N) is 2. The van der Waals surface area contributed by atoms with Crippen molar-refractivity contribution in [1.82, 2.24) is 15.3 Å². The second-order valence-corrected chi connectivity index (χ2v) is 6.63. The van der Waals surface area contributed by atoms with Crippen LogP contribution in [0.15, 0.2) is 38.8 Å². The highest BCUT2D eigenvalue weighted by molar-refractivity contribution is 9.10. The molecule has 0 aliphatic heterocycles. The molecule has 21 heavy (non-hydrogen) atoms. The molecule has 0 bridgehead atoms. The molecule has 0 atom stereocenters. The van der Waals surface area contributed by atoms with Crippen molar-refractivity contribution in [1.29, 1.82) is 0 Å². The molecule has 0 fully saturated rings. The van der Waals surface area contributed by atoms with Crippen LogP contribution in [0.2, 0.25) is 0 Å². The first-order chi connectivity index (χ1) is 10.0. The average Bonchev–Trinajstić information content (AvgIpc) is 2.82. The number of halogens is 1. The van der Waals surface area contributed by atoms with Crippen LogP contribution < -0.4 is 10.0 Å². The smallest absolute Gasteiger partial charge is 0.266 e. The Morgan fingerprint density at radius 1 is 1.33 bits per heavy atom. The van der Waals surface area contributed by atoms with Crippen LogP contribution in [0.1, 0.15) is 19.1 Å². The maximum atomic E-state index is 12.3. The van der Waals surface area contributed by atoms with E-state index < -0.39 is 10.0 Å². The fourth-order valence-electron chi connectivity index (χ4n) is 1.62. The highest BCUT2D eigenvalue weighted by atomic mass is 79.9. The number of anilines is 1. The van der Waals surface area contributed by atoms with E-state index in [0.29, 0.717) is 12.3 Å². The van der Waals surface area contributed by atoms with E-state index in [1.165, 1.54) is 24.8 Å². The van der Waals surface area contributed by atoms with Crippen LogP contribution in [-0.2, 0) is 16.6 Å². The van der Waals surface area contributed by atoms with E-state index in [4.69, 9.17) is 4.42 Å². The third-order valence-corrected chi connectivity index (χ3v) is 4.77. The summed E-state index contributed by atoms with van der Waals surface area (Å²) in [6.07, 6.45) is 5.07. The summed E-state index contributed by atoms with van der Waals surface area (Å²) in [6, 6.07) is 1.48. The zero-order chi connectivity index (χ0) is 15.3. The Bertz CT molecular complexity index is 688. The Kier molecular flexibility index (Phi) is 5.32. The average molecular weight is 375 g/mol. The summed E-state index contributed by atoms with van der Waals surface area (Å²) in [6.45, 7) is 3.35. The Labute approximate surface area is 131 Å². The van der Waals surface area contributed by atoms with Crippen LogP contribution in [0.3, 0.4) is 0 Å². The number of hydrogen-bond acceptors (Lipinski definition) is 6. The van der Waals surface area contributed by atoms with Gasteiger partial charge >= 0.3 is 0 Å². The van der Waals surface area contributed by atoms with Crippen molar-refractivity contribution in [3.63, 3.8) is 0 Å². The normalized spacial score (nSPS) is 11.5.